The highest BCUT2D eigenvalue weighted by Crippen LogP contribution is 2.15. The predicted octanol–water partition coefficient (Wildman–Crippen LogP) is 3.49. The minimum absolute atomic E-state index is 0.146. The summed E-state index contributed by atoms with van der Waals surface area (Å²) in [6, 6.07) is 11.7. The lowest BCUT2D eigenvalue weighted by atomic mass is 10.0. The van der Waals surface area contributed by atoms with E-state index in [0.717, 1.165) is 23.1 Å². The van der Waals surface area contributed by atoms with Crippen LogP contribution in [-0.4, -0.2) is 16.1 Å². The number of benzene rings is 1. The van der Waals surface area contributed by atoms with E-state index in [9.17, 15) is 4.79 Å². The maximum Gasteiger partial charge on any atom is 0.342 e. The van der Waals surface area contributed by atoms with Crippen LogP contribution in [-0.2, 0) is 11.2 Å². The summed E-state index contributed by atoms with van der Waals surface area (Å²) < 4.78 is 0.146. The molecule has 96 valence electrons. The number of nitrogens with zero attached hydrogens (tertiary/aromatic N) is 1. The van der Waals surface area contributed by atoms with Crippen LogP contribution in [0.1, 0.15) is 16.7 Å². The Labute approximate surface area is 119 Å². The van der Waals surface area contributed by atoms with Gasteiger partial charge in [-0.15, -0.1) is 0 Å². The molecule has 2 aromatic rings. The lowest BCUT2D eigenvalue weighted by Gasteiger charge is -2.02. The van der Waals surface area contributed by atoms with Crippen molar-refractivity contribution in [3.8, 4) is 0 Å². The van der Waals surface area contributed by atoms with Gasteiger partial charge in [-0.05, 0) is 51.2 Å². The number of rotatable bonds is 4. The number of hydrogen-bond acceptors (Lipinski definition) is 2. The molecule has 0 saturated heterocycles. The van der Waals surface area contributed by atoms with E-state index in [-0.39, 0.29) is 4.48 Å². The first-order chi connectivity index (χ1) is 9.15. The molecule has 0 unspecified atom stereocenters. The van der Waals surface area contributed by atoms with Gasteiger partial charge < -0.3 is 5.11 Å². The van der Waals surface area contributed by atoms with Gasteiger partial charge in [0.15, 0.2) is 0 Å². The molecule has 0 bridgehead atoms. The molecule has 0 fully saturated rings. The Balaban J connectivity index is 2.11. The first kappa shape index (κ1) is 13.5. The van der Waals surface area contributed by atoms with Crippen molar-refractivity contribution in [1.82, 2.24) is 4.98 Å². The highest BCUT2D eigenvalue weighted by molar-refractivity contribution is 9.12. The molecule has 4 heteroatoms. The summed E-state index contributed by atoms with van der Waals surface area (Å²) in [5.74, 6) is -0.973. The molecule has 1 N–H and O–H groups in total. The highest BCUT2D eigenvalue weighted by Gasteiger charge is 2.02. The minimum atomic E-state index is -0.973. The van der Waals surface area contributed by atoms with Gasteiger partial charge in [0.1, 0.15) is 4.48 Å². The lowest BCUT2D eigenvalue weighted by Crippen LogP contribution is -1.93. The first-order valence-electron chi connectivity index (χ1n) is 5.73. The summed E-state index contributed by atoms with van der Waals surface area (Å²) in [4.78, 5) is 14.8. The molecule has 3 nitrogen and oxygen atoms in total. The molecule has 19 heavy (non-hydrogen) atoms. The van der Waals surface area contributed by atoms with Crippen molar-refractivity contribution in [2.24, 2.45) is 0 Å². The Kier molecular flexibility index (Phi) is 4.47. The molecule has 0 aliphatic rings. The second-order valence-electron chi connectivity index (χ2n) is 4.08. The quantitative estimate of drug-likeness (QED) is 0.878. The van der Waals surface area contributed by atoms with Gasteiger partial charge >= 0.3 is 5.97 Å². The fourth-order valence-corrected chi connectivity index (χ4v) is 1.94. The summed E-state index contributed by atoms with van der Waals surface area (Å²) in [5.41, 5.74) is 3.17. The Hall–Kier alpha value is -1.94. The van der Waals surface area contributed by atoms with E-state index in [4.69, 9.17) is 5.11 Å². The van der Waals surface area contributed by atoms with Crippen molar-refractivity contribution in [2.45, 2.75) is 6.42 Å². The molecule has 1 aromatic carbocycles. The topological polar surface area (TPSA) is 50.2 Å². The van der Waals surface area contributed by atoms with Crippen LogP contribution in [0.15, 0.2) is 53.3 Å². The molecule has 0 radical (unpaired) electrons. The predicted molar refractivity (Wildman–Crippen MR) is 78.0 cm³/mol. The average Bonchev–Trinajstić information content (AvgIpc) is 2.42. The van der Waals surface area contributed by atoms with Gasteiger partial charge in [-0.1, -0.05) is 30.3 Å². The van der Waals surface area contributed by atoms with Gasteiger partial charge in [-0.3, -0.25) is 4.98 Å². The normalized spacial score (nSPS) is 11.3. The van der Waals surface area contributed by atoms with Crippen LogP contribution in [0.5, 0.6) is 0 Å². The van der Waals surface area contributed by atoms with Crippen molar-refractivity contribution in [3.63, 3.8) is 0 Å². The van der Waals surface area contributed by atoms with E-state index in [1.54, 1.807) is 12.3 Å². The molecule has 1 heterocycles. The van der Waals surface area contributed by atoms with Gasteiger partial charge in [-0.25, -0.2) is 4.79 Å². The Morgan fingerprint density at radius 1 is 1.21 bits per heavy atom. The van der Waals surface area contributed by atoms with Crippen molar-refractivity contribution < 1.29 is 9.90 Å². The van der Waals surface area contributed by atoms with E-state index >= 15 is 0 Å². The van der Waals surface area contributed by atoms with Crippen LogP contribution in [0.25, 0.3) is 6.08 Å². The standard InChI is InChI=1S/C15H12BrNO2/c16-14(15(18)19)9-12-5-3-11(4-6-12)8-13-2-1-7-17-10-13/h1-7,9-10H,8H2,(H,18,19)/b14-9-. The number of aromatic nitrogens is 1. The van der Waals surface area contributed by atoms with Crippen LogP contribution >= 0.6 is 15.9 Å². The Morgan fingerprint density at radius 3 is 2.53 bits per heavy atom. The van der Waals surface area contributed by atoms with Crippen LogP contribution in [0.4, 0.5) is 0 Å². The number of pyridine rings is 1. The molecule has 0 aliphatic heterocycles. The molecule has 0 saturated carbocycles. The Bertz CT molecular complexity index is 591. The van der Waals surface area contributed by atoms with Gasteiger partial charge in [0.2, 0.25) is 0 Å². The van der Waals surface area contributed by atoms with E-state index in [0.29, 0.717) is 0 Å². The second kappa shape index (κ2) is 6.29. The molecular formula is C15H12BrNO2. The molecule has 0 atom stereocenters. The smallest absolute Gasteiger partial charge is 0.342 e. The van der Waals surface area contributed by atoms with Crippen LogP contribution in [0.3, 0.4) is 0 Å². The highest BCUT2D eigenvalue weighted by atomic mass is 79.9. The number of carboxylic acids is 1. The third-order valence-electron chi connectivity index (χ3n) is 2.61. The minimum Gasteiger partial charge on any atom is -0.477 e. The lowest BCUT2D eigenvalue weighted by molar-refractivity contribution is -0.131. The summed E-state index contributed by atoms with van der Waals surface area (Å²) in [7, 11) is 0. The molecule has 1 aromatic heterocycles. The van der Waals surface area contributed by atoms with Crippen LogP contribution in [0, 0.1) is 0 Å². The number of hydrogen-bond donors (Lipinski definition) is 1. The zero-order valence-corrected chi connectivity index (χ0v) is 11.7. The first-order valence-corrected chi connectivity index (χ1v) is 6.53. The number of halogens is 1. The maximum absolute atomic E-state index is 10.7. The van der Waals surface area contributed by atoms with Gasteiger partial charge in [-0.2, -0.15) is 0 Å². The Morgan fingerprint density at radius 2 is 1.95 bits per heavy atom. The van der Waals surface area contributed by atoms with Crippen molar-refractivity contribution in [3.05, 3.63) is 70.0 Å². The third-order valence-corrected chi connectivity index (χ3v) is 3.18. The second-order valence-corrected chi connectivity index (χ2v) is 4.93. The molecule has 2 rings (SSSR count). The number of aliphatic carboxylic acids is 1. The third kappa shape index (κ3) is 4.03. The fraction of sp³-hybridized carbons (Fsp3) is 0.0667. The summed E-state index contributed by atoms with van der Waals surface area (Å²) in [5, 5.41) is 8.77. The van der Waals surface area contributed by atoms with E-state index in [1.165, 1.54) is 0 Å². The molecule has 0 aliphatic carbocycles. The van der Waals surface area contributed by atoms with Crippen molar-refractivity contribution >= 4 is 28.0 Å². The zero-order chi connectivity index (χ0) is 13.7. The summed E-state index contributed by atoms with van der Waals surface area (Å²) in [6.07, 6.45) is 5.99. The summed E-state index contributed by atoms with van der Waals surface area (Å²) in [6.45, 7) is 0. The average molecular weight is 318 g/mol. The van der Waals surface area contributed by atoms with Crippen LogP contribution < -0.4 is 0 Å². The van der Waals surface area contributed by atoms with Crippen molar-refractivity contribution in [2.75, 3.05) is 0 Å². The number of carbonyl (C=O) groups is 1. The van der Waals surface area contributed by atoms with E-state index in [1.807, 2.05) is 42.6 Å². The molecule has 0 spiro atoms. The van der Waals surface area contributed by atoms with Gasteiger partial charge in [0, 0.05) is 12.4 Å². The largest absolute Gasteiger partial charge is 0.477 e. The SMILES string of the molecule is O=C(O)/C(Br)=C/c1ccc(Cc2cccnc2)cc1. The van der Waals surface area contributed by atoms with E-state index < -0.39 is 5.97 Å². The zero-order valence-electron chi connectivity index (χ0n) is 10.1. The molecule has 0 amide bonds. The monoisotopic (exact) mass is 317 g/mol. The number of carboxylic acid groups (broad SMARTS) is 1. The van der Waals surface area contributed by atoms with Crippen LogP contribution in [0.2, 0.25) is 0 Å². The van der Waals surface area contributed by atoms with Crippen molar-refractivity contribution in [1.29, 1.82) is 0 Å². The van der Waals surface area contributed by atoms with Gasteiger partial charge in [0.25, 0.3) is 0 Å². The van der Waals surface area contributed by atoms with Gasteiger partial charge in [0.05, 0.1) is 0 Å². The van der Waals surface area contributed by atoms with E-state index in [2.05, 4.69) is 20.9 Å². The summed E-state index contributed by atoms with van der Waals surface area (Å²) >= 11 is 3.00. The molecular weight excluding hydrogens is 306 g/mol. The fourth-order valence-electron chi connectivity index (χ4n) is 1.68. The maximum atomic E-state index is 10.7.